The van der Waals surface area contributed by atoms with E-state index in [1.165, 1.54) is 24.8 Å². The summed E-state index contributed by atoms with van der Waals surface area (Å²) in [6.45, 7) is 7.28. The molecule has 0 N–H and O–H groups in total. The van der Waals surface area contributed by atoms with Gasteiger partial charge in [0.05, 0.1) is 0 Å². The molecule has 0 rings (SSSR count). The summed E-state index contributed by atoms with van der Waals surface area (Å²) in [5.74, 6) is 0.820. The summed E-state index contributed by atoms with van der Waals surface area (Å²) >= 11 is 0. The molecular weight excluding hydrogens is 343 g/mol. The van der Waals surface area contributed by atoms with Gasteiger partial charge in [-0.05, 0) is 5.92 Å². The topological polar surface area (TPSA) is 9.23 Å². The summed E-state index contributed by atoms with van der Waals surface area (Å²) < 4.78 is 4.91. The van der Waals surface area contributed by atoms with Crippen molar-refractivity contribution >= 4 is 0 Å². The first-order valence-corrected chi connectivity index (χ1v) is 4.72. The van der Waals surface area contributed by atoms with E-state index in [0.29, 0.717) is 6.61 Å². The Morgan fingerprint density at radius 2 is 2.00 bits per heavy atom. The summed E-state index contributed by atoms with van der Waals surface area (Å²) in [4.78, 5) is 0. The van der Waals surface area contributed by atoms with Crippen LogP contribution in [0.2, 0.25) is 0 Å². The molecule has 0 spiro atoms. The first-order valence-electron chi connectivity index (χ1n) is 4.72. The Morgan fingerprint density at radius 1 is 1.38 bits per heavy atom. The minimum absolute atomic E-state index is 0. The van der Waals surface area contributed by atoms with Crippen LogP contribution in [0.1, 0.15) is 40.0 Å². The fourth-order valence-corrected chi connectivity index (χ4v) is 1.06. The molecule has 1 nitrogen and oxygen atoms in total. The molecule has 0 aromatic heterocycles. The Bertz CT molecular complexity index is 130. The Balaban J connectivity index is 0. The van der Waals surface area contributed by atoms with E-state index in [0.717, 1.165) is 5.92 Å². The van der Waals surface area contributed by atoms with Crippen molar-refractivity contribution in [2.75, 3.05) is 13.7 Å². The van der Waals surface area contributed by atoms with Crippen molar-refractivity contribution < 1.29 is 25.8 Å². The quantitative estimate of drug-likeness (QED) is 0.658. The molecule has 0 aliphatic carbocycles. The van der Waals surface area contributed by atoms with E-state index >= 15 is 0 Å². The average molecular weight is 364 g/mol. The molecule has 0 saturated carbocycles. The minimum atomic E-state index is 0. The smallest absolute Gasteiger partial charge is 0.0321 e. The van der Waals surface area contributed by atoms with E-state index < -0.39 is 0 Å². The normalized spacial score (nSPS) is 11.6. The maximum atomic E-state index is 4.91. The molecule has 13 heavy (non-hydrogen) atoms. The zero-order chi connectivity index (χ0) is 9.40. The van der Waals surface area contributed by atoms with E-state index in [2.05, 4.69) is 26.8 Å². The third kappa shape index (κ3) is 12.4. The van der Waals surface area contributed by atoms with Crippen molar-refractivity contribution in [3.63, 3.8) is 0 Å². The fourth-order valence-electron chi connectivity index (χ4n) is 1.06. The van der Waals surface area contributed by atoms with Crippen LogP contribution in [-0.4, -0.2) is 13.7 Å². The number of methoxy groups -OCH3 is 1. The predicted molar refractivity (Wildman–Crippen MR) is 53.0 cm³/mol. The van der Waals surface area contributed by atoms with Crippen molar-refractivity contribution in [2.24, 2.45) is 5.92 Å². The standard InChI is InChI=1S/C11H21O.Pt/c1-10(2)6-5-7-11(3)8-9-12-4;/h10H,5-7,9H2,1-4H3;/q-1;. The summed E-state index contributed by atoms with van der Waals surface area (Å²) in [6, 6.07) is 0. The van der Waals surface area contributed by atoms with Crippen LogP contribution in [0.4, 0.5) is 0 Å². The number of allylic oxidation sites excluding steroid dienone is 1. The molecule has 0 aromatic carbocycles. The van der Waals surface area contributed by atoms with Crippen molar-refractivity contribution in [3.8, 4) is 0 Å². The summed E-state index contributed by atoms with van der Waals surface area (Å²) in [6.07, 6.45) is 6.96. The zero-order valence-corrected chi connectivity index (χ0v) is 11.4. The largest absolute Gasteiger partial charge is 0.471 e. The predicted octanol–water partition coefficient (Wildman–Crippen LogP) is 3.21. The molecule has 0 radical (unpaired) electrons. The second kappa shape index (κ2) is 10.5. The van der Waals surface area contributed by atoms with E-state index in [9.17, 15) is 0 Å². The SMILES string of the molecule is COC[C-]=C(C)CCCC(C)C.[Pt]. The number of hydrogen-bond donors (Lipinski definition) is 0. The van der Waals surface area contributed by atoms with Gasteiger partial charge in [0.25, 0.3) is 0 Å². The fraction of sp³-hybridized carbons (Fsp3) is 0.818. The second-order valence-corrected chi connectivity index (χ2v) is 3.68. The second-order valence-electron chi connectivity index (χ2n) is 3.68. The molecule has 0 bridgehead atoms. The number of rotatable bonds is 6. The van der Waals surface area contributed by atoms with E-state index in [-0.39, 0.29) is 21.1 Å². The summed E-state index contributed by atoms with van der Waals surface area (Å²) in [5, 5.41) is 0. The van der Waals surface area contributed by atoms with Gasteiger partial charge in [-0.1, -0.05) is 46.6 Å². The average Bonchev–Trinajstić information content (AvgIpc) is 2.00. The molecule has 2 heteroatoms. The number of ether oxygens (including phenoxy) is 1. The van der Waals surface area contributed by atoms with Gasteiger partial charge in [-0.15, -0.1) is 0 Å². The van der Waals surface area contributed by atoms with Crippen LogP contribution in [0.25, 0.3) is 0 Å². The van der Waals surface area contributed by atoms with Crippen molar-refractivity contribution in [3.05, 3.63) is 11.6 Å². The maximum absolute atomic E-state index is 4.91. The van der Waals surface area contributed by atoms with Gasteiger partial charge < -0.3 is 10.8 Å². The van der Waals surface area contributed by atoms with Crippen LogP contribution in [0, 0.1) is 12.0 Å². The van der Waals surface area contributed by atoms with Crippen LogP contribution >= 0.6 is 0 Å². The molecule has 0 aliphatic heterocycles. The maximum Gasteiger partial charge on any atom is 0.0321 e. The van der Waals surface area contributed by atoms with Crippen molar-refractivity contribution in [1.82, 2.24) is 0 Å². The molecule has 0 unspecified atom stereocenters. The first kappa shape index (κ1) is 15.8. The van der Waals surface area contributed by atoms with E-state index in [1.54, 1.807) is 7.11 Å². The van der Waals surface area contributed by atoms with E-state index in [1.807, 2.05) is 0 Å². The van der Waals surface area contributed by atoms with Gasteiger partial charge in [-0.25, -0.2) is 0 Å². The molecule has 0 saturated heterocycles. The minimum Gasteiger partial charge on any atom is -0.471 e. The third-order valence-electron chi connectivity index (χ3n) is 1.85. The van der Waals surface area contributed by atoms with E-state index in [4.69, 9.17) is 4.74 Å². The molecule has 0 amide bonds. The van der Waals surface area contributed by atoms with Gasteiger partial charge in [-0.3, -0.25) is 5.57 Å². The molecular formula is C11H21OPt-. The summed E-state index contributed by atoms with van der Waals surface area (Å²) in [5.41, 5.74) is 1.33. The van der Waals surface area contributed by atoms with Gasteiger partial charge in [0.2, 0.25) is 0 Å². The monoisotopic (exact) mass is 364 g/mol. The Kier molecular flexibility index (Phi) is 12.8. The van der Waals surface area contributed by atoms with Crippen molar-refractivity contribution in [2.45, 2.75) is 40.0 Å². The van der Waals surface area contributed by atoms with Crippen LogP contribution in [-0.2, 0) is 25.8 Å². The van der Waals surface area contributed by atoms with Gasteiger partial charge in [-0.2, -0.15) is 0 Å². The Hall–Kier alpha value is 0.388. The Labute approximate surface area is 97.2 Å². The Morgan fingerprint density at radius 3 is 2.46 bits per heavy atom. The van der Waals surface area contributed by atoms with Crippen molar-refractivity contribution in [1.29, 1.82) is 0 Å². The summed E-state index contributed by atoms with van der Waals surface area (Å²) in [7, 11) is 1.70. The van der Waals surface area contributed by atoms with Gasteiger partial charge >= 0.3 is 0 Å². The molecule has 82 valence electrons. The molecule has 0 aromatic rings. The molecule has 0 heterocycles. The molecule has 0 aliphatic rings. The molecule has 0 fully saturated rings. The zero-order valence-electron chi connectivity index (χ0n) is 9.13. The number of hydrogen-bond acceptors (Lipinski definition) is 1. The molecule has 0 atom stereocenters. The van der Waals surface area contributed by atoms with Crippen LogP contribution in [0.15, 0.2) is 5.57 Å². The van der Waals surface area contributed by atoms with Crippen LogP contribution in [0.3, 0.4) is 0 Å². The third-order valence-corrected chi connectivity index (χ3v) is 1.85. The first-order chi connectivity index (χ1) is 5.66. The van der Waals surface area contributed by atoms with Crippen LogP contribution < -0.4 is 0 Å². The van der Waals surface area contributed by atoms with Gasteiger partial charge in [0, 0.05) is 28.2 Å². The van der Waals surface area contributed by atoms with Crippen LogP contribution in [0.5, 0.6) is 0 Å². The van der Waals surface area contributed by atoms with Gasteiger partial charge in [0.15, 0.2) is 0 Å². The van der Waals surface area contributed by atoms with Gasteiger partial charge in [0.1, 0.15) is 0 Å².